The summed E-state index contributed by atoms with van der Waals surface area (Å²) >= 11 is 11.6. The van der Waals surface area contributed by atoms with Gasteiger partial charge in [0, 0.05) is 48.0 Å². The normalized spacial score (nSPS) is 16.8. The second-order valence-electron chi connectivity index (χ2n) is 6.96. The van der Waals surface area contributed by atoms with E-state index in [1.807, 2.05) is 0 Å². The first-order valence-corrected chi connectivity index (χ1v) is 10.3. The fourth-order valence-electron chi connectivity index (χ4n) is 3.27. The molecule has 2 atom stereocenters. The molecule has 3 rings (SSSR count). The largest absolute Gasteiger partial charge is 0.454 e. The topological polar surface area (TPSA) is 107 Å². The molecule has 0 radical (unpaired) electrons. The number of hydrogen-bond donors (Lipinski definition) is 0. The van der Waals surface area contributed by atoms with Crippen LogP contribution in [-0.4, -0.2) is 41.1 Å². The van der Waals surface area contributed by atoms with Crippen LogP contribution in [0.2, 0.25) is 5.02 Å². The Hall–Kier alpha value is -2.97. The number of esters is 1. The fourth-order valence-corrected chi connectivity index (χ4v) is 3.59. The van der Waals surface area contributed by atoms with E-state index in [1.165, 1.54) is 35.2 Å². The molecule has 1 amide bonds. The van der Waals surface area contributed by atoms with Gasteiger partial charge in [-0.15, -0.1) is 11.6 Å². The van der Waals surface area contributed by atoms with Gasteiger partial charge in [-0.05, 0) is 30.3 Å². The van der Waals surface area contributed by atoms with E-state index in [0.717, 1.165) is 0 Å². The highest BCUT2D eigenvalue weighted by molar-refractivity contribution is 6.30. The third kappa shape index (κ3) is 5.39. The lowest BCUT2D eigenvalue weighted by Gasteiger charge is -2.19. The van der Waals surface area contributed by atoms with Crippen molar-refractivity contribution in [1.82, 2.24) is 0 Å². The standard InChI is InChI=1S/C21H18Cl2N2O6/c22-9-8-18(20(27)13-4-6-15(23)7-5-13)31-21(28)14-10-19(26)24(12-14)16-2-1-3-17(11-16)25(29)30/h1-7,11,14,18H,8-10,12H2/t14-,18-/m0/s1. The summed E-state index contributed by atoms with van der Waals surface area (Å²) < 4.78 is 5.42. The van der Waals surface area contributed by atoms with Crippen molar-refractivity contribution in [3.8, 4) is 0 Å². The Morgan fingerprint density at radius 2 is 1.94 bits per heavy atom. The lowest BCUT2D eigenvalue weighted by atomic mass is 10.0. The van der Waals surface area contributed by atoms with Gasteiger partial charge in [-0.2, -0.15) is 0 Å². The van der Waals surface area contributed by atoms with E-state index in [0.29, 0.717) is 16.3 Å². The fraction of sp³-hybridized carbons (Fsp3) is 0.286. The Kier molecular flexibility index (Phi) is 7.25. The molecular weight excluding hydrogens is 447 g/mol. The van der Waals surface area contributed by atoms with Gasteiger partial charge in [0.1, 0.15) is 0 Å². The van der Waals surface area contributed by atoms with E-state index in [9.17, 15) is 24.5 Å². The van der Waals surface area contributed by atoms with Gasteiger partial charge in [-0.25, -0.2) is 0 Å². The number of Topliss-reactive ketones (excluding diaryl/α,β-unsaturated/α-hetero) is 1. The summed E-state index contributed by atoms with van der Waals surface area (Å²) in [6, 6.07) is 11.8. The van der Waals surface area contributed by atoms with Crippen molar-refractivity contribution in [2.24, 2.45) is 5.92 Å². The maximum atomic E-state index is 12.7. The highest BCUT2D eigenvalue weighted by Crippen LogP contribution is 2.29. The molecular formula is C21H18Cl2N2O6. The monoisotopic (exact) mass is 464 g/mol. The summed E-state index contributed by atoms with van der Waals surface area (Å²) in [5.74, 6) is -2.17. The number of amides is 1. The summed E-state index contributed by atoms with van der Waals surface area (Å²) in [6.07, 6.45) is -1.10. The molecule has 0 N–H and O–H groups in total. The van der Waals surface area contributed by atoms with Crippen LogP contribution in [0.25, 0.3) is 0 Å². The third-order valence-electron chi connectivity index (χ3n) is 4.86. The number of ether oxygens (including phenoxy) is 1. The second-order valence-corrected chi connectivity index (χ2v) is 7.77. The van der Waals surface area contributed by atoms with Crippen LogP contribution in [-0.2, 0) is 14.3 Å². The quantitative estimate of drug-likeness (QED) is 0.192. The van der Waals surface area contributed by atoms with Gasteiger partial charge in [0.05, 0.1) is 16.5 Å². The smallest absolute Gasteiger partial charge is 0.312 e. The first-order valence-electron chi connectivity index (χ1n) is 9.41. The van der Waals surface area contributed by atoms with Crippen molar-refractivity contribution >= 4 is 52.2 Å². The maximum absolute atomic E-state index is 12.7. The van der Waals surface area contributed by atoms with E-state index in [-0.39, 0.29) is 36.9 Å². The molecule has 0 aliphatic carbocycles. The van der Waals surface area contributed by atoms with Crippen LogP contribution in [0.1, 0.15) is 23.2 Å². The Morgan fingerprint density at radius 1 is 1.23 bits per heavy atom. The van der Waals surface area contributed by atoms with Crippen LogP contribution >= 0.6 is 23.2 Å². The molecule has 0 saturated carbocycles. The Bertz CT molecular complexity index is 1010. The van der Waals surface area contributed by atoms with E-state index in [4.69, 9.17) is 27.9 Å². The van der Waals surface area contributed by atoms with Gasteiger partial charge in [0.15, 0.2) is 6.10 Å². The first kappa shape index (κ1) is 22.7. The van der Waals surface area contributed by atoms with Crippen LogP contribution in [0.4, 0.5) is 11.4 Å². The molecule has 0 aromatic heterocycles. The number of carbonyl (C=O) groups is 3. The molecule has 2 aromatic carbocycles. The molecule has 162 valence electrons. The van der Waals surface area contributed by atoms with Crippen molar-refractivity contribution in [1.29, 1.82) is 0 Å². The zero-order valence-electron chi connectivity index (χ0n) is 16.2. The Labute approximate surface area is 187 Å². The molecule has 2 aromatic rings. The summed E-state index contributed by atoms with van der Waals surface area (Å²) in [7, 11) is 0. The summed E-state index contributed by atoms with van der Waals surface area (Å²) in [5.41, 5.74) is 0.490. The molecule has 1 fully saturated rings. The van der Waals surface area contributed by atoms with Crippen LogP contribution in [0.3, 0.4) is 0 Å². The summed E-state index contributed by atoms with van der Waals surface area (Å²) in [4.78, 5) is 49.6. The van der Waals surface area contributed by atoms with Crippen LogP contribution in [0.5, 0.6) is 0 Å². The van der Waals surface area contributed by atoms with Crippen molar-refractivity contribution in [3.05, 3.63) is 69.2 Å². The van der Waals surface area contributed by atoms with Gasteiger partial charge in [-0.3, -0.25) is 24.5 Å². The predicted octanol–water partition coefficient (Wildman–Crippen LogP) is 4.02. The highest BCUT2D eigenvalue weighted by atomic mass is 35.5. The average molecular weight is 465 g/mol. The second kappa shape index (κ2) is 9.89. The number of benzene rings is 2. The highest BCUT2D eigenvalue weighted by Gasteiger charge is 2.38. The number of ketones is 1. The van der Waals surface area contributed by atoms with Gasteiger partial charge >= 0.3 is 5.97 Å². The number of carbonyl (C=O) groups excluding carboxylic acids is 3. The van der Waals surface area contributed by atoms with Crippen LogP contribution < -0.4 is 4.90 Å². The number of nitro groups is 1. The molecule has 1 aliphatic heterocycles. The summed E-state index contributed by atoms with van der Waals surface area (Å²) in [6.45, 7) is 0.00155. The number of anilines is 1. The molecule has 0 spiro atoms. The molecule has 1 saturated heterocycles. The SMILES string of the molecule is O=C(O[C@@H](CCCl)C(=O)c1ccc(Cl)cc1)[C@H]1CC(=O)N(c2cccc([N+](=O)[O-])c2)C1. The molecule has 10 heteroatoms. The van der Waals surface area contributed by atoms with Gasteiger partial charge in [-0.1, -0.05) is 17.7 Å². The van der Waals surface area contributed by atoms with E-state index in [1.54, 1.807) is 18.2 Å². The number of non-ortho nitro benzene ring substituents is 1. The average Bonchev–Trinajstić information content (AvgIpc) is 3.15. The third-order valence-corrected chi connectivity index (χ3v) is 5.33. The lowest BCUT2D eigenvalue weighted by Crippen LogP contribution is -2.32. The zero-order valence-corrected chi connectivity index (χ0v) is 17.7. The molecule has 31 heavy (non-hydrogen) atoms. The Morgan fingerprint density at radius 3 is 2.58 bits per heavy atom. The number of halogens is 2. The number of hydrogen-bond acceptors (Lipinski definition) is 6. The maximum Gasteiger partial charge on any atom is 0.312 e. The lowest BCUT2D eigenvalue weighted by molar-refractivity contribution is -0.384. The van der Waals surface area contributed by atoms with E-state index < -0.39 is 28.7 Å². The van der Waals surface area contributed by atoms with Gasteiger partial charge in [0.2, 0.25) is 11.7 Å². The van der Waals surface area contributed by atoms with Gasteiger partial charge < -0.3 is 9.64 Å². The zero-order chi connectivity index (χ0) is 22.5. The van der Waals surface area contributed by atoms with Gasteiger partial charge in [0.25, 0.3) is 5.69 Å². The first-order chi connectivity index (χ1) is 14.8. The number of nitrogens with zero attached hydrogens (tertiary/aromatic N) is 2. The molecule has 0 bridgehead atoms. The van der Waals surface area contributed by atoms with Crippen molar-refractivity contribution in [3.63, 3.8) is 0 Å². The van der Waals surface area contributed by atoms with E-state index in [2.05, 4.69) is 0 Å². The molecule has 1 heterocycles. The van der Waals surface area contributed by atoms with Crippen LogP contribution in [0.15, 0.2) is 48.5 Å². The van der Waals surface area contributed by atoms with Crippen molar-refractivity contribution in [2.75, 3.05) is 17.3 Å². The Balaban J connectivity index is 1.71. The number of nitro benzene ring substituents is 1. The summed E-state index contributed by atoms with van der Waals surface area (Å²) in [5, 5.41) is 11.4. The number of alkyl halides is 1. The minimum Gasteiger partial charge on any atom is -0.454 e. The van der Waals surface area contributed by atoms with Crippen molar-refractivity contribution in [2.45, 2.75) is 18.9 Å². The molecule has 8 nitrogen and oxygen atoms in total. The van der Waals surface area contributed by atoms with Crippen LogP contribution in [0, 0.1) is 16.0 Å². The minimum absolute atomic E-state index is 0.00155. The minimum atomic E-state index is -1.09. The number of rotatable bonds is 8. The molecule has 1 aliphatic rings. The molecule has 0 unspecified atom stereocenters. The van der Waals surface area contributed by atoms with E-state index >= 15 is 0 Å². The predicted molar refractivity (Wildman–Crippen MR) is 115 cm³/mol. The van der Waals surface area contributed by atoms with Crippen molar-refractivity contribution < 1.29 is 24.0 Å².